The summed E-state index contributed by atoms with van der Waals surface area (Å²) >= 11 is 8.32. The van der Waals surface area contributed by atoms with Gasteiger partial charge in [-0.15, -0.1) is 22.7 Å². The molecule has 0 radical (unpaired) electrons. The highest BCUT2D eigenvalue weighted by Gasteiger charge is 2.70. The molecular weight excluding hydrogens is 1370 g/mol. The molecule has 4 aromatic heterocycles. The molecule has 0 spiro atoms. The van der Waals surface area contributed by atoms with E-state index in [0.29, 0.717) is 101 Å². The lowest BCUT2D eigenvalue weighted by Crippen LogP contribution is -2.58. The van der Waals surface area contributed by atoms with E-state index in [0.717, 1.165) is 63.4 Å². The molecule has 6 aromatic rings. The van der Waals surface area contributed by atoms with Gasteiger partial charge in [-0.25, -0.2) is 24.7 Å². The summed E-state index contributed by atoms with van der Waals surface area (Å²) in [5, 5.41) is 2.49. The lowest BCUT2D eigenvalue weighted by atomic mass is 9.84. The number of pyridine rings is 2. The van der Waals surface area contributed by atoms with Gasteiger partial charge < -0.3 is 38.2 Å². The number of hydrogen-bond donors (Lipinski definition) is 0. The number of ketones is 1. The zero-order valence-electron chi connectivity index (χ0n) is 60.1. The Bertz CT molecular complexity index is 4250. The number of fused-ring (bicyclic) bond motifs is 6. The highest BCUT2D eigenvalue weighted by atomic mass is 35.5. The van der Waals surface area contributed by atoms with Crippen LogP contribution >= 0.6 is 34.3 Å². The van der Waals surface area contributed by atoms with E-state index >= 15 is 0 Å². The Hall–Kier alpha value is -7.96. The molecule has 4 fully saturated rings. The molecule has 10 atom stereocenters. The molecule has 2 aliphatic heterocycles. The summed E-state index contributed by atoms with van der Waals surface area (Å²) in [6.45, 7) is 16.7. The fourth-order valence-corrected chi connectivity index (χ4v) is 17.1. The number of aromatic nitrogens is 4. The first-order valence-corrected chi connectivity index (χ1v) is 37.7. The van der Waals surface area contributed by atoms with Crippen molar-refractivity contribution in [2.45, 2.75) is 174 Å². The summed E-state index contributed by atoms with van der Waals surface area (Å²) in [5.41, 5.74) is 3.33. The van der Waals surface area contributed by atoms with Gasteiger partial charge in [0.2, 0.25) is 17.7 Å². The molecule has 0 saturated heterocycles. The average Bonchev–Trinajstić information content (AvgIpc) is 1.56. The smallest absolute Gasteiger partial charge is 0.400 e. The number of imide groups is 1. The first kappa shape index (κ1) is 75.2. The number of hydrogen-bond acceptors (Lipinski definition) is 19. The maximum Gasteiger partial charge on any atom is 0.400 e. The number of esters is 2. The summed E-state index contributed by atoms with van der Waals surface area (Å²) in [4.78, 5) is 121. The maximum atomic E-state index is 14.8. The van der Waals surface area contributed by atoms with Crippen molar-refractivity contribution in [1.82, 2.24) is 34.6 Å². The molecule has 4 aliphatic carbocycles. The number of rotatable bonds is 15. The number of carbonyl (C=O) groups excluding carboxylic acids is 7. The Labute approximate surface area is 607 Å². The van der Waals surface area contributed by atoms with Crippen LogP contribution in [-0.2, 0) is 43.0 Å². The Kier molecular flexibility index (Phi) is 23.0. The number of aryl methyl sites for hydroxylation is 2. The summed E-state index contributed by atoms with van der Waals surface area (Å²) < 4.78 is 65.1. The van der Waals surface area contributed by atoms with Crippen LogP contribution in [0.15, 0.2) is 71.5 Å². The van der Waals surface area contributed by atoms with Gasteiger partial charge in [0.25, 0.3) is 0 Å². The fraction of sp³-hybridized carbons (Fsp3) is 0.545. The van der Waals surface area contributed by atoms with Gasteiger partial charge >= 0.3 is 23.2 Å². The Balaban J connectivity index is 0.000000206. The van der Waals surface area contributed by atoms with Crippen LogP contribution in [0.3, 0.4) is 0 Å². The second-order valence-electron chi connectivity index (χ2n) is 28.5. The summed E-state index contributed by atoms with van der Waals surface area (Å²) in [6, 6.07) is 11.2. The van der Waals surface area contributed by atoms with Gasteiger partial charge in [-0.1, -0.05) is 52.0 Å². The van der Waals surface area contributed by atoms with E-state index in [1.54, 1.807) is 75.6 Å². The van der Waals surface area contributed by atoms with Crippen LogP contribution in [-0.4, -0.2) is 154 Å². The molecule has 0 N–H and O–H groups in total. The highest BCUT2D eigenvalue weighted by Crippen LogP contribution is 2.59. The van der Waals surface area contributed by atoms with Gasteiger partial charge in [0.15, 0.2) is 5.54 Å². The van der Waals surface area contributed by atoms with Crippen LogP contribution in [0.25, 0.3) is 43.2 Å². The van der Waals surface area contributed by atoms with Crippen LogP contribution in [0.5, 0.6) is 23.0 Å². The van der Waals surface area contributed by atoms with Crippen molar-refractivity contribution >= 4 is 97.4 Å². The lowest BCUT2D eigenvalue weighted by Gasteiger charge is -2.34. The molecule has 2 aromatic carbocycles. The first-order chi connectivity index (χ1) is 48.7. The third kappa shape index (κ3) is 15.3. The quantitative estimate of drug-likeness (QED) is 0.0528. The minimum atomic E-state index is -4.52. The number of allylic oxidation sites excluding steroid dienone is 3. The molecule has 12 rings (SSSR count). The van der Waals surface area contributed by atoms with E-state index < -0.39 is 69.8 Å². The van der Waals surface area contributed by atoms with Crippen LogP contribution < -0.4 is 18.9 Å². The molecule has 6 heterocycles. The molecule has 4 saturated carbocycles. The topological polar surface area (TPSA) is 236 Å². The van der Waals surface area contributed by atoms with Crippen LogP contribution in [0.1, 0.15) is 159 Å². The van der Waals surface area contributed by atoms with E-state index in [9.17, 15) is 42.3 Å². The van der Waals surface area contributed by atoms with Crippen molar-refractivity contribution < 1.29 is 70.8 Å². The second-order valence-corrected chi connectivity index (χ2v) is 30.7. The van der Waals surface area contributed by atoms with Crippen LogP contribution in [0, 0.1) is 54.8 Å². The number of amides is 4. The third-order valence-corrected chi connectivity index (χ3v) is 23.0. The van der Waals surface area contributed by atoms with Gasteiger partial charge in [-0.3, -0.25) is 33.7 Å². The molecule has 25 heteroatoms. The minimum Gasteiger partial charge on any atom is -0.496 e. The predicted octanol–water partition coefficient (Wildman–Crippen LogP) is 14.6. The second kappa shape index (κ2) is 31.2. The molecular formula is C77H92ClF2N7O13S2. The molecule has 546 valence electrons. The molecule has 4 amide bonds. The normalized spacial score (nSPS) is 26.2. The van der Waals surface area contributed by atoms with Crippen molar-refractivity contribution in [2.75, 3.05) is 54.6 Å². The first-order valence-electron chi connectivity index (χ1n) is 35.5. The fourth-order valence-electron chi connectivity index (χ4n) is 15.1. The summed E-state index contributed by atoms with van der Waals surface area (Å²) in [5.74, 6) is -6.21. The van der Waals surface area contributed by atoms with Gasteiger partial charge in [0, 0.05) is 90.2 Å². The van der Waals surface area contributed by atoms with E-state index in [-0.39, 0.29) is 86.3 Å². The average molecular weight is 1460 g/mol. The SMILES string of the molecule is CCOC(=O)[C@@]12C[C@H]1/C=C\CCCCN(C)C(=O)[C@@H]1C[C@H](Oc3cc(-c4nc(C(C)C)cs4)nc4c(C)c(OC)ccc34)C[C@H]1C(=O)N2C(=O)C(F)(F)Cl.CCOC(=O)[C@]12CC(=O)[C@@H]3C[C@@H](Oc4cc(-c5nc(C(C)C)cs5)nc5c(C)c(OC)ccc45)C[C@H]3C(=O)N(C)CCCC/C=C\[C@@H]1C2. The largest absolute Gasteiger partial charge is 0.496 e. The monoisotopic (exact) mass is 1460 g/mol. The van der Waals surface area contributed by atoms with Crippen molar-refractivity contribution in [2.24, 2.45) is 40.9 Å². The molecule has 0 bridgehead atoms. The number of carbonyl (C=O) groups is 7. The van der Waals surface area contributed by atoms with Crippen LogP contribution in [0.2, 0.25) is 0 Å². The highest BCUT2D eigenvalue weighted by molar-refractivity contribution is 7.13. The summed E-state index contributed by atoms with van der Waals surface area (Å²) in [7, 11) is 6.67. The van der Waals surface area contributed by atoms with Gasteiger partial charge in [0.05, 0.1) is 73.0 Å². The third-order valence-electron chi connectivity index (χ3n) is 21.1. The van der Waals surface area contributed by atoms with Crippen LogP contribution in [0.4, 0.5) is 8.78 Å². The standard InChI is InChI=1S/C39H45ClF2N4O7S.C38H47N3O6S/c1-7-52-37(50)38-19-23(38)12-10-8-9-11-15-45(5)34(47)26-16-24(17-27(26)35(48)46(38)36(49)39(40,41)42)53-31-18-28(33-44-29(20-54-33)21(2)3)43-32-22(4)30(51-6)14-13-25(31)32;1-7-46-37(44)38-19-24(38)12-10-8-9-11-15-41(5)36(43)28-17-25(16-27(28)31(42)20-38)47-33-18-29(35-40-30(21-48-35)22(2)3)39-34-23(4)32(45-6)14-13-26(33)34/h10,12-14,18,20-21,23-24,26-27H,7-9,11,15-17,19H2,1-6H3;10,12-14,18,21-22,24-25,27-28H,7-9,11,15-17,19-20H2,1-6H3/b2*12-10-/t23-,24+,26-,27-,38-;24-,25-,27-,28-,38-/m11/s1. The number of thiazole rings is 2. The van der Waals surface area contributed by atoms with Crippen molar-refractivity contribution in [3.8, 4) is 44.4 Å². The van der Waals surface area contributed by atoms with E-state index in [1.165, 1.54) is 16.2 Å². The van der Waals surface area contributed by atoms with E-state index in [4.69, 9.17) is 60.0 Å². The number of nitrogens with zero attached hydrogens (tertiary/aromatic N) is 7. The Morgan fingerprint density at radius 1 is 0.618 bits per heavy atom. The number of benzene rings is 2. The van der Waals surface area contributed by atoms with Gasteiger partial charge in [-0.2, -0.15) is 8.78 Å². The number of halogens is 3. The molecule has 20 nitrogen and oxygen atoms in total. The Morgan fingerprint density at radius 3 is 1.52 bits per heavy atom. The predicted molar refractivity (Wildman–Crippen MR) is 386 cm³/mol. The van der Waals surface area contributed by atoms with Gasteiger partial charge in [0.1, 0.15) is 62.4 Å². The number of alkyl halides is 3. The number of methoxy groups -OCH3 is 2. The van der Waals surface area contributed by atoms with Crippen molar-refractivity contribution in [3.63, 3.8) is 0 Å². The Morgan fingerprint density at radius 2 is 1.07 bits per heavy atom. The molecule has 0 unspecified atom stereocenters. The zero-order chi connectivity index (χ0) is 73.3. The molecule has 102 heavy (non-hydrogen) atoms. The van der Waals surface area contributed by atoms with E-state index in [2.05, 4.69) is 31.4 Å². The van der Waals surface area contributed by atoms with Gasteiger partial charge in [-0.05, 0) is 158 Å². The van der Waals surface area contributed by atoms with Crippen molar-refractivity contribution in [1.29, 1.82) is 0 Å². The van der Waals surface area contributed by atoms with Crippen molar-refractivity contribution in [3.05, 3.63) is 94.0 Å². The molecule has 6 aliphatic rings. The number of ether oxygens (including phenoxy) is 6. The lowest BCUT2D eigenvalue weighted by molar-refractivity contribution is -0.172. The summed E-state index contributed by atoms with van der Waals surface area (Å²) in [6.07, 6.45) is 12.5. The van der Waals surface area contributed by atoms with E-state index in [1.807, 2.05) is 64.4 Å². The number of Topliss-reactive ketones (excluding diaryl/α,β-unsaturated/α-hetero) is 1. The minimum absolute atomic E-state index is 0.0161. The zero-order valence-corrected chi connectivity index (χ0v) is 62.5. The maximum absolute atomic E-state index is 14.8.